The minimum absolute atomic E-state index is 0.889. The van der Waals surface area contributed by atoms with E-state index in [2.05, 4.69) is 4.99 Å². The maximum absolute atomic E-state index is 4.97. The van der Waals surface area contributed by atoms with Crippen LogP contribution < -0.4 is 4.80 Å². The highest BCUT2D eigenvalue weighted by atomic mass is 32.9. The van der Waals surface area contributed by atoms with Crippen molar-refractivity contribution in [3.63, 3.8) is 0 Å². The molecule has 0 N–H and O–H groups in total. The normalized spacial score (nSPS) is 12.4. The van der Waals surface area contributed by atoms with Crippen molar-refractivity contribution in [3.8, 4) is 0 Å². The van der Waals surface area contributed by atoms with Crippen molar-refractivity contribution in [1.82, 2.24) is 4.57 Å². The van der Waals surface area contributed by atoms with Crippen LogP contribution in [0.4, 0.5) is 0 Å². The van der Waals surface area contributed by atoms with Gasteiger partial charge in [0.2, 0.25) is 0 Å². The van der Waals surface area contributed by atoms with Crippen LogP contribution in [-0.4, -0.2) is 11.6 Å². The molecule has 0 aliphatic rings. The van der Waals surface area contributed by atoms with Gasteiger partial charge in [0.25, 0.3) is 0 Å². The van der Waals surface area contributed by atoms with Crippen molar-refractivity contribution < 1.29 is 0 Å². The van der Waals surface area contributed by atoms with Gasteiger partial charge in [0, 0.05) is 14.1 Å². The maximum Gasteiger partial charge on any atom is 0.195 e. The molecule has 0 radical (unpaired) electrons. The third-order valence-corrected chi connectivity index (χ3v) is 4.06. The highest BCUT2D eigenvalue weighted by molar-refractivity contribution is 7.79. The van der Waals surface area contributed by atoms with Crippen molar-refractivity contribution in [2.24, 2.45) is 12.0 Å². The third-order valence-electron chi connectivity index (χ3n) is 0.940. The molecule has 0 fully saturated rings. The van der Waals surface area contributed by atoms with Crippen LogP contribution in [-0.2, 0) is 7.05 Å². The van der Waals surface area contributed by atoms with Crippen molar-refractivity contribution in [2.45, 2.75) is 0 Å². The molecule has 5 heteroatoms. The van der Waals surface area contributed by atoms with E-state index >= 15 is 0 Å². The molecular formula is C4H6N2S3. The predicted octanol–water partition coefficient (Wildman–Crippen LogP) is 1.41. The molecule has 1 heterocycles. The van der Waals surface area contributed by atoms with Crippen LogP contribution in [0, 0.1) is 3.95 Å². The highest BCUT2D eigenvalue weighted by Gasteiger charge is 1.89. The van der Waals surface area contributed by atoms with E-state index in [0.717, 1.165) is 8.76 Å². The summed E-state index contributed by atoms with van der Waals surface area (Å²) in [7, 11) is 6.89. The van der Waals surface area contributed by atoms with Gasteiger partial charge in [-0.2, -0.15) is 0 Å². The molecule has 0 aliphatic heterocycles. The Hall–Kier alpha value is -0.0000000000000000278. The largest absolute Gasteiger partial charge is 0.302 e. The molecule has 0 atom stereocenters. The molecule has 0 saturated heterocycles. The summed E-state index contributed by atoms with van der Waals surface area (Å²) in [6.07, 6.45) is 0. The molecule has 0 spiro atoms. The molecule has 1 aromatic rings. The summed E-state index contributed by atoms with van der Waals surface area (Å²) >= 11 is 4.97. The van der Waals surface area contributed by atoms with E-state index in [1.54, 1.807) is 27.7 Å². The molecule has 0 unspecified atom stereocenters. The fourth-order valence-electron chi connectivity index (χ4n) is 0.450. The van der Waals surface area contributed by atoms with E-state index in [4.69, 9.17) is 12.2 Å². The number of hydrogen-bond donors (Lipinski definition) is 0. The van der Waals surface area contributed by atoms with Gasteiger partial charge in [0.15, 0.2) is 8.76 Å². The molecule has 0 aromatic carbocycles. The average molecular weight is 178 g/mol. The van der Waals surface area contributed by atoms with Crippen molar-refractivity contribution >= 4 is 32.9 Å². The molecule has 1 rings (SSSR count). The molecular weight excluding hydrogens is 172 g/mol. The van der Waals surface area contributed by atoms with Gasteiger partial charge in [-0.3, -0.25) is 4.99 Å². The first-order valence-electron chi connectivity index (χ1n) is 2.34. The third kappa shape index (κ3) is 1.28. The minimum atomic E-state index is 0.889. The van der Waals surface area contributed by atoms with Crippen molar-refractivity contribution in [1.29, 1.82) is 0 Å². The predicted molar refractivity (Wildman–Crippen MR) is 43.5 cm³/mol. The highest BCUT2D eigenvalue weighted by Crippen LogP contribution is 2.01. The van der Waals surface area contributed by atoms with Gasteiger partial charge in [0.1, 0.15) is 0 Å². The average Bonchev–Trinajstić information content (AvgIpc) is 2.15. The standard InChI is InChI=1S/C4H6N2S3/c1-5-3-6(2)4(7)9-8-3/h1-2H3/b5-3+. The van der Waals surface area contributed by atoms with Gasteiger partial charge in [-0.1, -0.05) is 0 Å². The van der Waals surface area contributed by atoms with E-state index in [0.29, 0.717) is 0 Å². The van der Waals surface area contributed by atoms with E-state index in [-0.39, 0.29) is 0 Å². The lowest BCUT2D eigenvalue weighted by molar-refractivity contribution is 0.862. The molecule has 0 saturated carbocycles. The number of aromatic nitrogens is 1. The van der Waals surface area contributed by atoms with Gasteiger partial charge < -0.3 is 4.57 Å². The Bertz CT molecular complexity index is 302. The Kier molecular flexibility index (Phi) is 2.15. The number of hydrogen-bond acceptors (Lipinski definition) is 4. The summed E-state index contributed by atoms with van der Waals surface area (Å²) in [5.41, 5.74) is 0. The SMILES string of the molecule is C/N=c1/ssc(=S)n1C. The lowest BCUT2D eigenvalue weighted by atomic mass is 11.1. The van der Waals surface area contributed by atoms with Crippen molar-refractivity contribution in [3.05, 3.63) is 8.76 Å². The van der Waals surface area contributed by atoms with Crippen LogP contribution in [0.1, 0.15) is 0 Å². The van der Waals surface area contributed by atoms with Gasteiger partial charge in [0.05, 0.1) is 0 Å². The second-order valence-corrected chi connectivity index (χ2v) is 4.23. The Morgan fingerprint density at radius 3 is 2.44 bits per heavy atom. The zero-order valence-electron chi connectivity index (χ0n) is 5.12. The van der Waals surface area contributed by atoms with E-state index in [1.165, 1.54) is 0 Å². The summed E-state index contributed by atoms with van der Waals surface area (Å²) in [5, 5.41) is 0. The van der Waals surface area contributed by atoms with Gasteiger partial charge in [-0.15, -0.1) is 0 Å². The van der Waals surface area contributed by atoms with Gasteiger partial charge >= 0.3 is 0 Å². The van der Waals surface area contributed by atoms with Crippen LogP contribution in [0.3, 0.4) is 0 Å². The van der Waals surface area contributed by atoms with Crippen LogP contribution in [0.15, 0.2) is 4.99 Å². The van der Waals surface area contributed by atoms with Crippen LogP contribution in [0.5, 0.6) is 0 Å². The van der Waals surface area contributed by atoms with Crippen LogP contribution in [0.2, 0.25) is 0 Å². The van der Waals surface area contributed by atoms with E-state index in [9.17, 15) is 0 Å². The fraction of sp³-hybridized carbons (Fsp3) is 0.500. The first-order valence-corrected chi connectivity index (χ1v) is 4.90. The molecule has 9 heavy (non-hydrogen) atoms. The smallest absolute Gasteiger partial charge is 0.195 e. The number of nitrogens with zero attached hydrogens (tertiary/aromatic N) is 2. The fourth-order valence-corrected chi connectivity index (χ4v) is 2.91. The Labute approximate surface area is 65.5 Å². The monoisotopic (exact) mass is 178 g/mol. The van der Waals surface area contributed by atoms with Gasteiger partial charge in [-0.05, 0) is 32.9 Å². The van der Waals surface area contributed by atoms with Gasteiger partial charge in [-0.25, -0.2) is 0 Å². The first-order chi connectivity index (χ1) is 4.25. The summed E-state index contributed by atoms with van der Waals surface area (Å²) in [5.74, 6) is 0. The molecule has 0 bridgehead atoms. The Morgan fingerprint density at radius 1 is 1.56 bits per heavy atom. The van der Waals surface area contributed by atoms with Crippen LogP contribution in [0.25, 0.3) is 0 Å². The molecule has 1 aromatic heterocycles. The summed E-state index contributed by atoms with van der Waals surface area (Å²) in [6.45, 7) is 0. The Morgan fingerprint density at radius 2 is 2.22 bits per heavy atom. The lowest BCUT2D eigenvalue weighted by Gasteiger charge is -1.82. The summed E-state index contributed by atoms with van der Waals surface area (Å²) in [6, 6.07) is 0. The molecule has 0 aliphatic carbocycles. The zero-order chi connectivity index (χ0) is 6.85. The molecule has 50 valence electrons. The van der Waals surface area contributed by atoms with Crippen LogP contribution >= 0.6 is 32.9 Å². The second kappa shape index (κ2) is 2.72. The topological polar surface area (TPSA) is 17.3 Å². The summed E-state index contributed by atoms with van der Waals surface area (Å²) < 4.78 is 2.80. The number of rotatable bonds is 0. The Balaban J connectivity index is 3.56. The minimum Gasteiger partial charge on any atom is -0.302 e. The zero-order valence-corrected chi connectivity index (χ0v) is 7.57. The van der Waals surface area contributed by atoms with E-state index < -0.39 is 0 Å². The quantitative estimate of drug-likeness (QED) is 0.434. The second-order valence-electron chi connectivity index (χ2n) is 1.50. The first kappa shape index (κ1) is 7.11. The molecule has 0 amide bonds. The summed E-state index contributed by atoms with van der Waals surface area (Å²) in [4.78, 5) is 5.01. The van der Waals surface area contributed by atoms with Crippen molar-refractivity contribution in [2.75, 3.05) is 7.05 Å². The van der Waals surface area contributed by atoms with E-state index in [1.807, 2.05) is 11.6 Å². The maximum atomic E-state index is 4.97. The lowest BCUT2D eigenvalue weighted by Crippen LogP contribution is -2.08. The molecule has 2 nitrogen and oxygen atoms in total.